The third-order valence-electron chi connectivity index (χ3n) is 4.67. The molecule has 1 aliphatic rings. The molecule has 2 rings (SSSR count). The fraction of sp³-hybridized carbons (Fsp3) is 0.579. The number of carbonyl (C=O) groups excluding carboxylic acids is 2. The molecule has 5 nitrogen and oxygen atoms in total. The number of halogens is 4. The van der Waals surface area contributed by atoms with Gasteiger partial charge in [-0.2, -0.15) is 13.2 Å². The first-order chi connectivity index (χ1) is 12.8. The van der Waals surface area contributed by atoms with Crippen LogP contribution in [0.4, 0.5) is 23.2 Å². The summed E-state index contributed by atoms with van der Waals surface area (Å²) in [4.78, 5) is 26.1. The SMILES string of the molecule is CC(C)C(=O)NC(C)(C)C(=O)N[C@@H]1CCN(c2ccc(C(F)(F)F)c(F)c2)C1. The van der Waals surface area contributed by atoms with Crippen molar-refractivity contribution in [2.24, 2.45) is 5.92 Å². The molecule has 156 valence electrons. The Kier molecular flexibility index (Phi) is 6.25. The molecule has 0 radical (unpaired) electrons. The largest absolute Gasteiger partial charge is 0.419 e. The number of rotatable bonds is 5. The minimum atomic E-state index is -4.74. The summed E-state index contributed by atoms with van der Waals surface area (Å²) in [5.41, 5.74) is -2.08. The summed E-state index contributed by atoms with van der Waals surface area (Å²) < 4.78 is 51.8. The Morgan fingerprint density at radius 1 is 1.21 bits per heavy atom. The number of alkyl halides is 3. The molecule has 0 unspecified atom stereocenters. The van der Waals surface area contributed by atoms with E-state index in [0.717, 1.165) is 12.1 Å². The van der Waals surface area contributed by atoms with Gasteiger partial charge in [0.05, 0.1) is 5.56 Å². The first-order valence-electron chi connectivity index (χ1n) is 9.06. The van der Waals surface area contributed by atoms with Gasteiger partial charge in [-0.15, -0.1) is 0 Å². The van der Waals surface area contributed by atoms with Crippen LogP contribution in [0.15, 0.2) is 18.2 Å². The highest BCUT2D eigenvalue weighted by Crippen LogP contribution is 2.33. The van der Waals surface area contributed by atoms with Gasteiger partial charge in [-0.1, -0.05) is 13.8 Å². The molecule has 1 saturated heterocycles. The first-order valence-corrected chi connectivity index (χ1v) is 9.06. The monoisotopic (exact) mass is 403 g/mol. The average molecular weight is 403 g/mol. The van der Waals surface area contributed by atoms with Crippen LogP contribution in [0.2, 0.25) is 0 Å². The highest BCUT2D eigenvalue weighted by Gasteiger charge is 2.36. The van der Waals surface area contributed by atoms with Gasteiger partial charge in [0.25, 0.3) is 0 Å². The first kappa shape index (κ1) is 22.0. The Balaban J connectivity index is 1.99. The Labute approximate surface area is 161 Å². The minimum Gasteiger partial charge on any atom is -0.369 e. The molecular formula is C19H25F4N3O2. The average Bonchev–Trinajstić information content (AvgIpc) is 3.01. The van der Waals surface area contributed by atoms with Crippen LogP contribution in [0.25, 0.3) is 0 Å². The molecule has 0 bridgehead atoms. The molecular weight excluding hydrogens is 378 g/mol. The molecule has 1 aromatic rings. The number of benzene rings is 1. The molecule has 1 aromatic carbocycles. The molecule has 28 heavy (non-hydrogen) atoms. The summed E-state index contributed by atoms with van der Waals surface area (Å²) in [6.45, 7) is 7.45. The molecule has 2 amide bonds. The van der Waals surface area contributed by atoms with E-state index in [0.29, 0.717) is 25.2 Å². The lowest BCUT2D eigenvalue weighted by Gasteiger charge is -2.28. The third-order valence-corrected chi connectivity index (χ3v) is 4.67. The normalized spacial score (nSPS) is 17.8. The van der Waals surface area contributed by atoms with Crippen molar-refractivity contribution in [2.45, 2.75) is 51.9 Å². The van der Waals surface area contributed by atoms with E-state index >= 15 is 0 Å². The number of nitrogens with zero attached hydrogens (tertiary/aromatic N) is 1. The standard InChI is InChI=1S/C19H25F4N3O2/c1-11(2)16(27)25-18(3,4)17(28)24-12-7-8-26(10-12)13-5-6-14(15(20)9-13)19(21,22)23/h5-6,9,11-12H,7-8,10H2,1-4H3,(H,24,28)(H,25,27)/t12-/m1/s1. The van der Waals surface area contributed by atoms with Crippen LogP contribution in [0.5, 0.6) is 0 Å². The summed E-state index contributed by atoms with van der Waals surface area (Å²) in [6.07, 6.45) is -4.18. The molecule has 2 N–H and O–H groups in total. The predicted octanol–water partition coefficient (Wildman–Crippen LogP) is 3.09. The third kappa shape index (κ3) is 5.14. The van der Waals surface area contributed by atoms with Gasteiger partial charge in [0.2, 0.25) is 11.8 Å². The Morgan fingerprint density at radius 3 is 2.39 bits per heavy atom. The van der Waals surface area contributed by atoms with E-state index in [2.05, 4.69) is 10.6 Å². The van der Waals surface area contributed by atoms with E-state index < -0.39 is 23.1 Å². The summed E-state index contributed by atoms with van der Waals surface area (Å²) in [7, 11) is 0. The van der Waals surface area contributed by atoms with E-state index in [-0.39, 0.29) is 23.8 Å². The Morgan fingerprint density at radius 2 is 1.86 bits per heavy atom. The van der Waals surface area contributed by atoms with Crippen molar-refractivity contribution in [2.75, 3.05) is 18.0 Å². The van der Waals surface area contributed by atoms with Crippen LogP contribution in [-0.4, -0.2) is 36.5 Å². The molecule has 9 heteroatoms. The van der Waals surface area contributed by atoms with Gasteiger partial charge in [-0.05, 0) is 38.5 Å². The molecule has 0 aliphatic carbocycles. The summed E-state index contributed by atoms with van der Waals surface area (Å²) >= 11 is 0. The van der Waals surface area contributed by atoms with Crippen molar-refractivity contribution in [1.29, 1.82) is 0 Å². The second-order valence-corrected chi connectivity index (χ2v) is 7.84. The van der Waals surface area contributed by atoms with E-state index in [1.807, 2.05) is 0 Å². The topological polar surface area (TPSA) is 61.4 Å². The fourth-order valence-electron chi connectivity index (χ4n) is 2.92. The smallest absolute Gasteiger partial charge is 0.369 e. The van der Waals surface area contributed by atoms with Gasteiger partial charge in [0.1, 0.15) is 11.4 Å². The molecule has 0 spiro atoms. The number of hydrogen-bond acceptors (Lipinski definition) is 3. The number of hydrogen-bond donors (Lipinski definition) is 2. The van der Waals surface area contributed by atoms with Crippen molar-refractivity contribution < 1.29 is 27.2 Å². The zero-order valence-corrected chi connectivity index (χ0v) is 16.3. The van der Waals surface area contributed by atoms with Crippen LogP contribution in [0.3, 0.4) is 0 Å². The van der Waals surface area contributed by atoms with Crippen molar-refractivity contribution >= 4 is 17.5 Å². The van der Waals surface area contributed by atoms with Crippen molar-refractivity contribution in [3.8, 4) is 0 Å². The lowest BCUT2D eigenvalue weighted by atomic mass is 10.0. The quantitative estimate of drug-likeness (QED) is 0.743. The lowest BCUT2D eigenvalue weighted by molar-refractivity contribution is -0.140. The number of carbonyl (C=O) groups is 2. The van der Waals surface area contributed by atoms with Crippen LogP contribution in [0, 0.1) is 11.7 Å². The van der Waals surface area contributed by atoms with Crippen LogP contribution in [0.1, 0.15) is 39.7 Å². The molecule has 0 aromatic heterocycles. The summed E-state index contributed by atoms with van der Waals surface area (Å²) in [6, 6.07) is 2.55. The van der Waals surface area contributed by atoms with Gasteiger partial charge in [-0.25, -0.2) is 4.39 Å². The summed E-state index contributed by atoms with van der Waals surface area (Å²) in [5, 5.41) is 5.52. The molecule has 1 heterocycles. The highest BCUT2D eigenvalue weighted by molar-refractivity contribution is 5.91. The second kappa shape index (κ2) is 7.97. The van der Waals surface area contributed by atoms with E-state index in [1.165, 1.54) is 6.07 Å². The lowest BCUT2D eigenvalue weighted by Crippen LogP contribution is -2.57. The number of nitrogens with one attached hydrogen (secondary N) is 2. The van der Waals surface area contributed by atoms with Gasteiger partial charge < -0.3 is 15.5 Å². The maximum Gasteiger partial charge on any atom is 0.419 e. The number of amides is 2. The molecule has 1 atom stereocenters. The van der Waals surface area contributed by atoms with Crippen LogP contribution >= 0.6 is 0 Å². The predicted molar refractivity (Wildman–Crippen MR) is 97.2 cm³/mol. The zero-order valence-electron chi connectivity index (χ0n) is 16.3. The zero-order chi connectivity index (χ0) is 21.3. The minimum absolute atomic E-state index is 0.242. The van der Waals surface area contributed by atoms with Crippen molar-refractivity contribution in [3.63, 3.8) is 0 Å². The van der Waals surface area contributed by atoms with Crippen LogP contribution < -0.4 is 15.5 Å². The van der Waals surface area contributed by atoms with E-state index in [1.54, 1.807) is 32.6 Å². The van der Waals surface area contributed by atoms with E-state index in [9.17, 15) is 27.2 Å². The highest BCUT2D eigenvalue weighted by atomic mass is 19.4. The van der Waals surface area contributed by atoms with Gasteiger partial charge >= 0.3 is 6.18 Å². The molecule has 1 aliphatic heterocycles. The maximum absolute atomic E-state index is 13.8. The Bertz CT molecular complexity index is 747. The second-order valence-electron chi connectivity index (χ2n) is 7.84. The summed E-state index contributed by atoms with van der Waals surface area (Å²) in [5.74, 6) is -2.18. The van der Waals surface area contributed by atoms with Crippen LogP contribution in [-0.2, 0) is 15.8 Å². The molecule has 0 saturated carbocycles. The Hall–Kier alpha value is -2.32. The van der Waals surface area contributed by atoms with Crippen molar-refractivity contribution in [3.05, 3.63) is 29.6 Å². The maximum atomic E-state index is 13.8. The van der Waals surface area contributed by atoms with E-state index in [4.69, 9.17) is 0 Å². The van der Waals surface area contributed by atoms with Gasteiger partial charge in [0.15, 0.2) is 0 Å². The fourth-order valence-corrected chi connectivity index (χ4v) is 2.92. The van der Waals surface area contributed by atoms with Gasteiger partial charge in [-0.3, -0.25) is 9.59 Å². The molecule has 1 fully saturated rings. The van der Waals surface area contributed by atoms with Gasteiger partial charge in [0, 0.05) is 30.7 Å². The number of anilines is 1. The van der Waals surface area contributed by atoms with Crippen molar-refractivity contribution in [1.82, 2.24) is 10.6 Å².